The van der Waals surface area contributed by atoms with Gasteiger partial charge in [-0.2, -0.15) is 5.10 Å². The number of hydrogen-bond donors (Lipinski definition) is 3. The number of rotatable bonds is 8. The fourth-order valence-corrected chi connectivity index (χ4v) is 5.32. The molecule has 0 spiro atoms. The number of carbonyl (C=O) groups is 1. The van der Waals surface area contributed by atoms with Gasteiger partial charge in [0.25, 0.3) is 0 Å². The number of aryl methyl sites for hydroxylation is 1. The Labute approximate surface area is 238 Å². The normalized spacial score (nSPS) is 15.6. The second-order valence-electron chi connectivity index (χ2n) is 11.4. The lowest BCUT2D eigenvalue weighted by atomic mass is 9.94. The van der Waals surface area contributed by atoms with Gasteiger partial charge in [-0.1, -0.05) is 24.3 Å². The molecule has 8 nitrogen and oxygen atoms in total. The van der Waals surface area contributed by atoms with E-state index in [9.17, 15) is 9.90 Å². The average Bonchev–Trinajstić information content (AvgIpc) is 3.92. The predicted molar refractivity (Wildman–Crippen MR) is 161 cm³/mol. The number of hydrogen-bond acceptors (Lipinski definition) is 6. The molecule has 1 atom stereocenters. The summed E-state index contributed by atoms with van der Waals surface area (Å²) in [6.45, 7) is 3.72. The van der Waals surface area contributed by atoms with Crippen LogP contribution in [-0.4, -0.2) is 30.8 Å². The highest BCUT2D eigenvalue weighted by molar-refractivity contribution is 5.96. The van der Waals surface area contributed by atoms with Gasteiger partial charge in [0.15, 0.2) is 0 Å². The first-order valence-corrected chi connectivity index (χ1v) is 14.2. The van der Waals surface area contributed by atoms with Gasteiger partial charge in [-0.05, 0) is 104 Å². The highest BCUT2D eigenvalue weighted by atomic mass is 16.3. The molecule has 0 radical (unpaired) electrons. The van der Waals surface area contributed by atoms with Crippen molar-refractivity contribution >= 4 is 34.1 Å². The molecule has 41 heavy (non-hydrogen) atoms. The summed E-state index contributed by atoms with van der Waals surface area (Å²) < 4.78 is 2.00. The first-order chi connectivity index (χ1) is 19.9. The van der Waals surface area contributed by atoms with E-state index in [0.29, 0.717) is 17.9 Å². The minimum Gasteiger partial charge on any atom is -0.508 e. The van der Waals surface area contributed by atoms with Crippen LogP contribution in [0.5, 0.6) is 5.75 Å². The quantitative estimate of drug-likeness (QED) is 0.191. The van der Waals surface area contributed by atoms with E-state index in [2.05, 4.69) is 45.0 Å². The molecule has 2 aliphatic rings. The van der Waals surface area contributed by atoms with Crippen molar-refractivity contribution in [3.8, 4) is 16.9 Å². The number of phenolic OH excluding ortho intramolecular Hbond substituents is 1. The number of amides is 1. The van der Waals surface area contributed by atoms with E-state index < -0.39 is 0 Å². The van der Waals surface area contributed by atoms with Crippen LogP contribution in [0.4, 0.5) is 17.3 Å². The zero-order chi connectivity index (χ0) is 28.1. The van der Waals surface area contributed by atoms with E-state index >= 15 is 0 Å². The van der Waals surface area contributed by atoms with Gasteiger partial charge < -0.3 is 15.7 Å². The molecule has 8 heteroatoms. The number of nitrogens with zero attached hydrogens (tertiary/aromatic N) is 4. The maximum absolute atomic E-state index is 13.2. The minimum atomic E-state index is -0.357. The second kappa shape index (κ2) is 10.0. The first kappa shape index (κ1) is 25.3. The minimum absolute atomic E-state index is 0.0881. The largest absolute Gasteiger partial charge is 0.508 e. The molecular formula is C33H32N6O2. The molecule has 5 aromatic rings. The van der Waals surface area contributed by atoms with E-state index in [1.807, 2.05) is 55.3 Å². The molecule has 0 saturated heterocycles. The molecule has 2 fully saturated rings. The summed E-state index contributed by atoms with van der Waals surface area (Å²) in [5, 5.41) is 21.6. The first-order valence-electron chi connectivity index (χ1n) is 14.2. The van der Waals surface area contributed by atoms with Gasteiger partial charge in [-0.3, -0.25) is 9.48 Å². The molecule has 7 rings (SSSR count). The maximum atomic E-state index is 13.2. The van der Waals surface area contributed by atoms with Crippen molar-refractivity contribution < 1.29 is 9.90 Å². The van der Waals surface area contributed by atoms with Crippen molar-refractivity contribution in [2.24, 2.45) is 0 Å². The van der Waals surface area contributed by atoms with E-state index in [-0.39, 0.29) is 17.6 Å². The smallest absolute Gasteiger partial charge is 0.231 e. The van der Waals surface area contributed by atoms with Gasteiger partial charge in [0, 0.05) is 23.5 Å². The lowest BCUT2D eigenvalue weighted by Crippen LogP contribution is -2.19. The van der Waals surface area contributed by atoms with E-state index in [0.717, 1.165) is 44.5 Å². The van der Waals surface area contributed by atoms with Crippen LogP contribution in [-0.2, 0) is 4.79 Å². The van der Waals surface area contributed by atoms with Crippen LogP contribution < -0.4 is 10.6 Å². The van der Waals surface area contributed by atoms with Gasteiger partial charge in [0.2, 0.25) is 11.9 Å². The third kappa shape index (κ3) is 5.25. The number of carbonyl (C=O) groups excluding carboxylic acids is 1. The van der Waals surface area contributed by atoms with E-state index in [1.54, 1.807) is 12.1 Å². The Kier molecular flexibility index (Phi) is 6.18. The fourth-order valence-electron chi connectivity index (χ4n) is 5.32. The monoisotopic (exact) mass is 544 g/mol. The molecule has 3 aromatic carbocycles. The molecule has 1 amide bonds. The Hall–Kier alpha value is -4.72. The Morgan fingerprint density at radius 1 is 1.00 bits per heavy atom. The van der Waals surface area contributed by atoms with Crippen molar-refractivity contribution in [3.63, 3.8) is 0 Å². The zero-order valence-corrected chi connectivity index (χ0v) is 23.1. The summed E-state index contributed by atoms with van der Waals surface area (Å²) >= 11 is 0. The number of anilines is 3. The van der Waals surface area contributed by atoms with Crippen LogP contribution in [0.3, 0.4) is 0 Å². The molecule has 3 N–H and O–H groups in total. The van der Waals surface area contributed by atoms with Crippen LogP contribution in [0.1, 0.15) is 67.2 Å². The number of aromatic nitrogens is 4. The SMILES string of the molecule is Cc1cc(C(C)C(=O)Nc2ccc(C3CC3)c(-c3ccc4nc(Nc5cnn(C6CC6)c5)ncc4c3)c2)ccc1O. The fraction of sp³-hybridized carbons (Fsp3) is 0.273. The third-order valence-electron chi connectivity index (χ3n) is 8.12. The van der Waals surface area contributed by atoms with Crippen LogP contribution >= 0.6 is 0 Å². The molecule has 0 aliphatic heterocycles. The Morgan fingerprint density at radius 3 is 2.63 bits per heavy atom. The second-order valence-corrected chi connectivity index (χ2v) is 11.4. The summed E-state index contributed by atoms with van der Waals surface area (Å²) in [6, 6.07) is 18.3. The number of phenols is 1. The van der Waals surface area contributed by atoms with E-state index in [4.69, 9.17) is 4.98 Å². The van der Waals surface area contributed by atoms with Crippen molar-refractivity contribution in [2.75, 3.05) is 10.6 Å². The van der Waals surface area contributed by atoms with Gasteiger partial charge in [0.05, 0.1) is 29.4 Å². The highest BCUT2D eigenvalue weighted by Crippen LogP contribution is 2.45. The van der Waals surface area contributed by atoms with Crippen molar-refractivity contribution in [1.82, 2.24) is 19.7 Å². The van der Waals surface area contributed by atoms with Crippen molar-refractivity contribution in [1.29, 1.82) is 0 Å². The molecule has 2 saturated carbocycles. The summed E-state index contributed by atoms with van der Waals surface area (Å²) in [5.41, 5.74) is 7.63. The highest BCUT2D eigenvalue weighted by Gasteiger charge is 2.27. The standard InChI is InChI=1S/C33H32N6O2/c1-19-13-22(6-12-31(19)40)20(2)32(41)36-25-7-10-28(21-3-4-21)29(15-25)23-5-11-30-24(14-23)16-34-33(38-30)37-26-17-35-39(18-26)27-8-9-27/h5-7,10-18,20-21,27,40H,3-4,8-9H2,1-2H3,(H,36,41)(H,34,37,38). The lowest BCUT2D eigenvalue weighted by Gasteiger charge is -2.16. The van der Waals surface area contributed by atoms with Crippen LogP contribution in [0.15, 0.2) is 73.2 Å². The van der Waals surface area contributed by atoms with Crippen molar-refractivity contribution in [3.05, 3.63) is 89.9 Å². The molecule has 1 unspecified atom stereocenters. The average molecular weight is 545 g/mol. The summed E-state index contributed by atoms with van der Waals surface area (Å²) in [5.74, 6) is 0.876. The predicted octanol–water partition coefficient (Wildman–Crippen LogP) is 7.21. The molecular weight excluding hydrogens is 512 g/mol. The number of aromatic hydroxyl groups is 1. The topological polar surface area (TPSA) is 105 Å². The van der Waals surface area contributed by atoms with Gasteiger partial charge in [-0.15, -0.1) is 0 Å². The van der Waals surface area contributed by atoms with Gasteiger partial charge in [-0.25, -0.2) is 9.97 Å². The summed E-state index contributed by atoms with van der Waals surface area (Å²) in [6.07, 6.45) is 10.4. The zero-order valence-electron chi connectivity index (χ0n) is 23.1. The third-order valence-corrected chi connectivity index (χ3v) is 8.12. The Balaban J connectivity index is 1.13. The van der Waals surface area contributed by atoms with Crippen LogP contribution in [0.2, 0.25) is 0 Å². The van der Waals surface area contributed by atoms with Gasteiger partial charge in [0.1, 0.15) is 5.75 Å². The molecule has 2 aromatic heterocycles. The van der Waals surface area contributed by atoms with Crippen LogP contribution in [0, 0.1) is 6.92 Å². The van der Waals surface area contributed by atoms with Crippen LogP contribution in [0.25, 0.3) is 22.0 Å². The van der Waals surface area contributed by atoms with Crippen molar-refractivity contribution in [2.45, 2.75) is 57.4 Å². The number of benzene rings is 3. The number of nitrogens with one attached hydrogen (secondary N) is 2. The molecule has 2 heterocycles. The molecule has 0 bridgehead atoms. The Bertz CT molecular complexity index is 1790. The Morgan fingerprint density at radius 2 is 1.85 bits per heavy atom. The summed E-state index contributed by atoms with van der Waals surface area (Å²) in [7, 11) is 0. The van der Waals surface area contributed by atoms with E-state index in [1.165, 1.54) is 31.2 Å². The molecule has 2 aliphatic carbocycles. The maximum Gasteiger partial charge on any atom is 0.231 e. The number of fused-ring (bicyclic) bond motifs is 1. The molecule has 206 valence electrons. The summed E-state index contributed by atoms with van der Waals surface area (Å²) in [4.78, 5) is 22.5. The lowest BCUT2D eigenvalue weighted by molar-refractivity contribution is -0.117. The van der Waals surface area contributed by atoms with Gasteiger partial charge >= 0.3 is 0 Å².